The van der Waals surface area contributed by atoms with Crippen LogP contribution < -0.4 is 5.63 Å². The van der Waals surface area contributed by atoms with Gasteiger partial charge in [-0.1, -0.05) is 11.6 Å². The van der Waals surface area contributed by atoms with Crippen LogP contribution in [0.1, 0.15) is 0 Å². The molecule has 1 aromatic heterocycles. The lowest BCUT2D eigenvalue weighted by Crippen LogP contribution is -1.96. The number of aromatic hydroxyl groups is 1. The van der Waals surface area contributed by atoms with Crippen LogP contribution >= 0.6 is 11.6 Å². The van der Waals surface area contributed by atoms with Crippen LogP contribution in [0.25, 0.3) is 11.0 Å². The van der Waals surface area contributed by atoms with Gasteiger partial charge in [0.25, 0.3) is 0 Å². The number of halogens is 1. The summed E-state index contributed by atoms with van der Waals surface area (Å²) in [5, 5.41) is 10.2. The van der Waals surface area contributed by atoms with Crippen molar-refractivity contribution in [3.8, 4) is 5.75 Å². The molecule has 1 N–H and O–H groups in total. The van der Waals surface area contributed by atoms with E-state index in [2.05, 4.69) is 0 Å². The van der Waals surface area contributed by atoms with E-state index in [1.165, 1.54) is 6.07 Å². The fourth-order valence-corrected chi connectivity index (χ4v) is 1.26. The Hall–Kier alpha value is -1.48. The molecule has 0 radical (unpaired) electrons. The van der Waals surface area contributed by atoms with E-state index in [-0.39, 0.29) is 0 Å². The molecule has 0 saturated heterocycles. The maximum absolute atomic E-state index is 10.9. The zero-order valence-electron chi connectivity index (χ0n) is 6.45. The molecule has 2 aromatic rings. The molecule has 0 spiro atoms. The second-order valence-electron chi connectivity index (χ2n) is 2.60. The molecule has 0 saturated carbocycles. The van der Waals surface area contributed by atoms with Crippen molar-refractivity contribution in [1.82, 2.24) is 0 Å². The number of rotatable bonds is 0. The van der Waals surface area contributed by atoms with Gasteiger partial charge in [0.2, 0.25) is 5.75 Å². The second-order valence-corrected chi connectivity index (χ2v) is 3.04. The van der Waals surface area contributed by atoms with E-state index >= 15 is 0 Å². The van der Waals surface area contributed by atoms with E-state index in [0.29, 0.717) is 16.0 Å². The molecule has 1 aromatic carbocycles. The zero-order chi connectivity index (χ0) is 9.42. The van der Waals surface area contributed by atoms with Crippen LogP contribution in [0.3, 0.4) is 0 Å². The van der Waals surface area contributed by atoms with Crippen molar-refractivity contribution in [2.75, 3.05) is 0 Å². The van der Waals surface area contributed by atoms with Gasteiger partial charge in [-0.05, 0) is 24.3 Å². The Morgan fingerprint density at radius 1 is 1.31 bits per heavy atom. The Kier molecular flexibility index (Phi) is 1.74. The average molecular weight is 197 g/mol. The van der Waals surface area contributed by atoms with Crippen LogP contribution in [0.4, 0.5) is 0 Å². The maximum Gasteiger partial charge on any atom is 0.378 e. The van der Waals surface area contributed by atoms with Gasteiger partial charge >= 0.3 is 5.63 Å². The van der Waals surface area contributed by atoms with Crippen LogP contribution in [-0.2, 0) is 0 Å². The molecular weight excluding hydrogens is 192 g/mol. The smallest absolute Gasteiger partial charge is 0.378 e. The van der Waals surface area contributed by atoms with Crippen molar-refractivity contribution in [3.05, 3.63) is 39.7 Å². The topological polar surface area (TPSA) is 50.4 Å². The lowest BCUT2D eigenvalue weighted by Gasteiger charge is -1.96. The minimum absolute atomic E-state index is 0.408. The molecular formula is C9H5ClO3. The summed E-state index contributed by atoms with van der Waals surface area (Å²) in [6.07, 6.45) is 0. The highest BCUT2D eigenvalue weighted by Gasteiger charge is 2.02. The first kappa shape index (κ1) is 8.13. The van der Waals surface area contributed by atoms with E-state index in [1.54, 1.807) is 18.2 Å². The summed E-state index contributed by atoms with van der Waals surface area (Å²) in [4.78, 5) is 10.9. The van der Waals surface area contributed by atoms with Crippen molar-refractivity contribution < 1.29 is 9.52 Å². The zero-order valence-corrected chi connectivity index (χ0v) is 7.21. The molecule has 0 fully saturated rings. The fraction of sp³-hybridized carbons (Fsp3) is 0. The van der Waals surface area contributed by atoms with Gasteiger partial charge in [0, 0.05) is 10.4 Å². The minimum atomic E-state index is -0.741. The van der Waals surface area contributed by atoms with Gasteiger partial charge in [0.05, 0.1) is 0 Å². The Morgan fingerprint density at radius 3 is 2.85 bits per heavy atom. The summed E-state index contributed by atoms with van der Waals surface area (Å²) in [6, 6.07) is 6.13. The first-order valence-electron chi connectivity index (χ1n) is 3.59. The molecule has 1 heterocycles. The predicted octanol–water partition coefficient (Wildman–Crippen LogP) is 2.15. The highest BCUT2D eigenvalue weighted by Crippen LogP contribution is 2.20. The molecule has 0 amide bonds. The van der Waals surface area contributed by atoms with Gasteiger partial charge in [-0.3, -0.25) is 0 Å². The molecule has 0 aliphatic heterocycles. The van der Waals surface area contributed by atoms with Crippen molar-refractivity contribution in [2.45, 2.75) is 0 Å². The third-order valence-corrected chi connectivity index (χ3v) is 1.91. The van der Waals surface area contributed by atoms with Crippen LogP contribution in [0, 0.1) is 0 Å². The summed E-state index contributed by atoms with van der Waals surface area (Å²) >= 11 is 5.71. The summed E-state index contributed by atoms with van der Waals surface area (Å²) in [5.74, 6) is -0.408. The molecule has 0 aliphatic carbocycles. The van der Waals surface area contributed by atoms with Gasteiger partial charge in [-0.2, -0.15) is 0 Å². The summed E-state index contributed by atoms with van der Waals surface area (Å²) in [7, 11) is 0. The quantitative estimate of drug-likeness (QED) is 0.657. The third kappa shape index (κ3) is 1.38. The number of fused-ring (bicyclic) bond motifs is 1. The molecule has 3 nitrogen and oxygen atoms in total. The van der Waals surface area contributed by atoms with E-state index in [4.69, 9.17) is 21.1 Å². The largest absolute Gasteiger partial charge is 0.502 e. The lowest BCUT2D eigenvalue weighted by atomic mass is 10.2. The van der Waals surface area contributed by atoms with Crippen LogP contribution in [0.2, 0.25) is 5.02 Å². The van der Waals surface area contributed by atoms with E-state index in [9.17, 15) is 4.79 Å². The number of hydrogen-bond donors (Lipinski definition) is 1. The molecule has 0 unspecified atom stereocenters. The standard InChI is InChI=1S/C9H5ClO3/c10-6-1-2-8-5(3-6)4-7(11)9(12)13-8/h1-4,11H. The van der Waals surface area contributed by atoms with Crippen LogP contribution in [0.5, 0.6) is 5.75 Å². The van der Waals surface area contributed by atoms with Gasteiger partial charge in [0.1, 0.15) is 5.58 Å². The highest BCUT2D eigenvalue weighted by molar-refractivity contribution is 6.31. The van der Waals surface area contributed by atoms with Crippen molar-refractivity contribution in [2.24, 2.45) is 0 Å². The molecule has 13 heavy (non-hydrogen) atoms. The summed E-state index contributed by atoms with van der Waals surface area (Å²) in [6.45, 7) is 0. The molecule has 66 valence electrons. The Labute approximate surface area is 78.2 Å². The van der Waals surface area contributed by atoms with Gasteiger partial charge in [-0.25, -0.2) is 4.79 Å². The lowest BCUT2D eigenvalue weighted by molar-refractivity contribution is 0.428. The van der Waals surface area contributed by atoms with E-state index < -0.39 is 11.4 Å². The number of benzene rings is 1. The SMILES string of the molecule is O=c1oc2ccc(Cl)cc2cc1O. The first-order chi connectivity index (χ1) is 6.16. The first-order valence-corrected chi connectivity index (χ1v) is 3.97. The van der Waals surface area contributed by atoms with Crippen LogP contribution in [0.15, 0.2) is 33.5 Å². The van der Waals surface area contributed by atoms with Crippen molar-refractivity contribution in [3.63, 3.8) is 0 Å². The molecule has 4 heteroatoms. The van der Waals surface area contributed by atoms with Gasteiger partial charge < -0.3 is 9.52 Å². The van der Waals surface area contributed by atoms with E-state index in [1.807, 2.05) is 0 Å². The van der Waals surface area contributed by atoms with Crippen molar-refractivity contribution in [1.29, 1.82) is 0 Å². The van der Waals surface area contributed by atoms with Gasteiger partial charge in [0.15, 0.2) is 0 Å². The monoisotopic (exact) mass is 196 g/mol. The second kappa shape index (κ2) is 2.78. The Morgan fingerprint density at radius 2 is 2.08 bits per heavy atom. The maximum atomic E-state index is 10.9. The predicted molar refractivity (Wildman–Crippen MR) is 49.2 cm³/mol. The molecule has 0 aliphatic rings. The third-order valence-electron chi connectivity index (χ3n) is 1.68. The van der Waals surface area contributed by atoms with Gasteiger partial charge in [-0.15, -0.1) is 0 Å². The molecule has 2 rings (SSSR count). The Bertz CT molecular complexity index is 516. The molecule has 0 bridgehead atoms. The average Bonchev–Trinajstić information content (AvgIpc) is 2.08. The normalized spacial score (nSPS) is 10.5. The summed E-state index contributed by atoms with van der Waals surface area (Å²) < 4.78 is 4.78. The number of hydrogen-bond acceptors (Lipinski definition) is 3. The summed E-state index contributed by atoms with van der Waals surface area (Å²) in [5.41, 5.74) is -0.331. The molecule has 0 atom stereocenters. The minimum Gasteiger partial charge on any atom is -0.502 e. The van der Waals surface area contributed by atoms with Crippen LogP contribution in [-0.4, -0.2) is 5.11 Å². The Balaban J connectivity index is 2.89. The van der Waals surface area contributed by atoms with Crippen molar-refractivity contribution >= 4 is 22.6 Å². The highest BCUT2D eigenvalue weighted by atomic mass is 35.5. The fourth-order valence-electron chi connectivity index (χ4n) is 1.08. The van der Waals surface area contributed by atoms with E-state index in [0.717, 1.165) is 0 Å².